The molecule has 1 aromatic carbocycles. The zero-order chi connectivity index (χ0) is 13.9. The lowest BCUT2D eigenvalue weighted by molar-refractivity contribution is -0.274. The predicted molar refractivity (Wildman–Crippen MR) is 61.0 cm³/mol. The summed E-state index contributed by atoms with van der Waals surface area (Å²) >= 11 is 0. The topological polar surface area (TPSA) is 35.5 Å². The van der Waals surface area contributed by atoms with Gasteiger partial charge in [0.15, 0.2) is 5.78 Å². The average molecular weight is 274 g/mol. The molecule has 1 unspecified atom stereocenters. The summed E-state index contributed by atoms with van der Waals surface area (Å²) in [5.74, 6) is -0.936. The van der Waals surface area contributed by atoms with Crippen LogP contribution in [0.2, 0.25) is 0 Å². The molecule has 1 aliphatic rings. The van der Waals surface area contributed by atoms with Crippen LogP contribution in [-0.2, 0) is 4.74 Å². The van der Waals surface area contributed by atoms with Gasteiger partial charge in [-0.25, -0.2) is 0 Å². The van der Waals surface area contributed by atoms with Crippen LogP contribution in [0.4, 0.5) is 13.2 Å². The summed E-state index contributed by atoms with van der Waals surface area (Å²) in [6.07, 6.45) is -3.27. The second kappa shape index (κ2) is 5.61. The molecule has 0 aromatic heterocycles. The van der Waals surface area contributed by atoms with Gasteiger partial charge in [0, 0.05) is 6.61 Å². The van der Waals surface area contributed by atoms with Crippen LogP contribution in [0.1, 0.15) is 29.6 Å². The molecular weight excluding hydrogens is 261 g/mol. The smallest absolute Gasteiger partial charge is 0.405 e. The molecule has 0 amide bonds. The summed E-state index contributed by atoms with van der Waals surface area (Å²) in [5, 5.41) is 0. The lowest BCUT2D eigenvalue weighted by Gasteiger charge is -2.22. The lowest BCUT2D eigenvalue weighted by atomic mass is 9.99. The molecule has 3 nitrogen and oxygen atoms in total. The van der Waals surface area contributed by atoms with Gasteiger partial charge in [-0.3, -0.25) is 4.79 Å². The largest absolute Gasteiger partial charge is 0.573 e. The SMILES string of the molecule is O=C(c1ccccc1OC(F)(F)F)C1CCCCO1. The number of ether oxygens (including phenoxy) is 2. The fraction of sp³-hybridized carbons (Fsp3) is 0.462. The van der Waals surface area contributed by atoms with E-state index in [-0.39, 0.29) is 5.56 Å². The van der Waals surface area contributed by atoms with E-state index in [1.807, 2.05) is 0 Å². The van der Waals surface area contributed by atoms with Gasteiger partial charge in [0.05, 0.1) is 5.56 Å². The highest BCUT2D eigenvalue weighted by Crippen LogP contribution is 2.28. The van der Waals surface area contributed by atoms with Crippen LogP contribution in [-0.4, -0.2) is 24.9 Å². The van der Waals surface area contributed by atoms with E-state index in [0.717, 1.165) is 18.9 Å². The summed E-state index contributed by atoms with van der Waals surface area (Å²) in [7, 11) is 0. The first-order valence-electron chi connectivity index (χ1n) is 5.98. The number of hydrogen-bond donors (Lipinski definition) is 0. The third-order valence-electron chi connectivity index (χ3n) is 2.85. The molecule has 1 atom stereocenters. The minimum atomic E-state index is -4.82. The van der Waals surface area contributed by atoms with Crippen molar-refractivity contribution < 1.29 is 27.4 Å². The summed E-state index contributed by atoms with van der Waals surface area (Å²) in [5.41, 5.74) is -0.0910. The van der Waals surface area contributed by atoms with Crippen molar-refractivity contribution in [1.82, 2.24) is 0 Å². The average Bonchev–Trinajstić information content (AvgIpc) is 2.38. The maximum absolute atomic E-state index is 12.3. The number of para-hydroxylation sites is 1. The molecule has 1 aliphatic heterocycles. The van der Waals surface area contributed by atoms with E-state index in [9.17, 15) is 18.0 Å². The molecule has 0 bridgehead atoms. The van der Waals surface area contributed by atoms with Crippen molar-refractivity contribution >= 4 is 5.78 Å². The number of Topliss-reactive ketones (excluding diaryl/α,β-unsaturated/α-hetero) is 1. The highest BCUT2D eigenvalue weighted by Gasteiger charge is 2.34. The third-order valence-corrected chi connectivity index (χ3v) is 2.85. The Morgan fingerprint density at radius 2 is 2.00 bits per heavy atom. The molecule has 0 radical (unpaired) electrons. The minimum absolute atomic E-state index is 0.0910. The second-order valence-corrected chi connectivity index (χ2v) is 4.26. The van der Waals surface area contributed by atoms with Crippen LogP contribution in [0.5, 0.6) is 5.75 Å². The van der Waals surface area contributed by atoms with Gasteiger partial charge in [0.25, 0.3) is 0 Å². The van der Waals surface area contributed by atoms with Crippen LogP contribution in [0.3, 0.4) is 0 Å². The lowest BCUT2D eigenvalue weighted by Crippen LogP contribution is -2.29. The van der Waals surface area contributed by atoms with Crippen molar-refractivity contribution in [3.05, 3.63) is 29.8 Å². The Morgan fingerprint density at radius 3 is 2.63 bits per heavy atom. The first-order chi connectivity index (χ1) is 8.97. The molecule has 1 fully saturated rings. The Balaban J connectivity index is 2.21. The van der Waals surface area contributed by atoms with Crippen LogP contribution >= 0.6 is 0 Å². The molecule has 104 valence electrons. The number of ketones is 1. The van der Waals surface area contributed by atoms with Gasteiger partial charge >= 0.3 is 6.36 Å². The van der Waals surface area contributed by atoms with Crippen LogP contribution < -0.4 is 4.74 Å². The second-order valence-electron chi connectivity index (χ2n) is 4.26. The van der Waals surface area contributed by atoms with Crippen molar-refractivity contribution in [2.24, 2.45) is 0 Å². The summed E-state index contributed by atoms with van der Waals surface area (Å²) < 4.78 is 45.9. The van der Waals surface area contributed by atoms with Crippen molar-refractivity contribution in [2.45, 2.75) is 31.7 Å². The van der Waals surface area contributed by atoms with E-state index in [4.69, 9.17) is 4.74 Å². The van der Waals surface area contributed by atoms with E-state index < -0.39 is 24.0 Å². The van der Waals surface area contributed by atoms with Gasteiger partial charge in [-0.15, -0.1) is 13.2 Å². The van der Waals surface area contributed by atoms with E-state index in [2.05, 4.69) is 4.74 Å². The first kappa shape index (κ1) is 13.9. The number of benzene rings is 1. The van der Waals surface area contributed by atoms with E-state index in [0.29, 0.717) is 13.0 Å². The van der Waals surface area contributed by atoms with Crippen molar-refractivity contribution in [3.8, 4) is 5.75 Å². The first-order valence-corrected chi connectivity index (χ1v) is 5.98. The monoisotopic (exact) mass is 274 g/mol. The summed E-state index contributed by atoms with van der Waals surface area (Å²) in [4.78, 5) is 12.1. The Bertz CT molecular complexity index is 451. The molecule has 0 N–H and O–H groups in total. The highest BCUT2D eigenvalue weighted by molar-refractivity contribution is 6.01. The third kappa shape index (κ3) is 3.70. The summed E-state index contributed by atoms with van der Waals surface area (Å²) in [6.45, 7) is 0.457. The maximum Gasteiger partial charge on any atom is 0.573 e. The minimum Gasteiger partial charge on any atom is -0.405 e. The predicted octanol–water partition coefficient (Wildman–Crippen LogP) is 3.34. The van der Waals surface area contributed by atoms with Crippen molar-refractivity contribution in [2.75, 3.05) is 6.61 Å². The van der Waals surface area contributed by atoms with Gasteiger partial charge in [0.1, 0.15) is 11.9 Å². The number of rotatable bonds is 3. The standard InChI is InChI=1S/C13H13F3O3/c14-13(15,16)19-10-6-2-1-5-9(10)12(17)11-7-3-4-8-18-11/h1-2,5-6,11H,3-4,7-8H2. The Hall–Kier alpha value is -1.56. The van der Waals surface area contributed by atoms with E-state index >= 15 is 0 Å². The van der Waals surface area contributed by atoms with Gasteiger partial charge in [-0.05, 0) is 31.4 Å². The molecule has 0 saturated carbocycles. The molecular formula is C13H13F3O3. The van der Waals surface area contributed by atoms with Gasteiger partial charge in [-0.2, -0.15) is 0 Å². The number of halogens is 3. The normalized spacial score (nSPS) is 20.1. The Labute approximate surface area is 108 Å². The van der Waals surface area contributed by atoms with Crippen LogP contribution in [0, 0.1) is 0 Å². The zero-order valence-corrected chi connectivity index (χ0v) is 10.1. The molecule has 1 heterocycles. The van der Waals surface area contributed by atoms with Gasteiger partial charge in [0.2, 0.25) is 0 Å². The maximum atomic E-state index is 12.3. The van der Waals surface area contributed by atoms with Gasteiger partial charge < -0.3 is 9.47 Å². The fourth-order valence-corrected chi connectivity index (χ4v) is 2.00. The zero-order valence-electron chi connectivity index (χ0n) is 10.1. The summed E-state index contributed by atoms with van der Waals surface area (Å²) in [6, 6.07) is 5.34. The highest BCUT2D eigenvalue weighted by atomic mass is 19.4. The Morgan fingerprint density at radius 1 is 1.26 bits per heavy atom. The molecule has 0 spiro atoms. The van der Waals surface area contributed by atoms with Gasteiger partial charge in [-0.1, -0.05) is 12.1 Å². The molecule has 1 saturated heterocycles. The molecule has 6 heteroatoms. The number of carbonyl (C=O) groups excluding carboxylic acids is 1. The van der Waals surface area contributed by atoms with E-state index in [1.165, 1.54) is 18.2 Å². The molecule has 19 heavy (non-hydrogen) atoms. The molecule has 0 aliphatic carbocycles. The van der Waals surface area contributed by atoms with Crippen molar-refractivity contribution in [3.63, 3.8) is 0 Å². The molecule has 1 aromatic rings. The van der Waals surface area contributed by atoms with Crippen molar-refractivity contribution in [1.29, 1.82) is 0 Å². The number of hydrogen-bond acceptors (Lipinski definition) is 3. The quantitative estimate of drug-likeness (QED) is 0.793. The van der Waals surface area contributed by atoms with E-state index in [1.54, 1.807) is 0 Å². The fourth-order valence-electron chi connectivity index (χ4n) is 2.00. The van der Waals surface area contributed by atoms with Crippen LogP contribution in [0.25, 0.3) is 0 Å². The van der Waals surface area contributed by atoms with Crippen LogP contribution in [0.15, 0.2) is 24.3 Å². The number of carbonyl (C=O) groups is 1. The molecule has 2 rings (SSSR count). The Kier molecular flexibility index (Phi) is 4.09. The number of alkyl halides is 3.